The second-order valence-corrected chi connectivity index (χ2v) is 7.82. The number of likely N-dealkylation sites (tertiary alicyclic amines) is 1. The molecule has 3 heterocycles. The molecule has 2 aromatic heterocycles. The van der Waals surface area contributed by atoms with Crippen LogP contribution >= 0.6 is 0 Å². The number of hydrogen-bond donors (Lipinski definition) is 1. The largest absolute Gasteiger partial charge is 0.381 e. The molecule has 0 unspecified atom stereocenters. The maximum Gasteiger partial charge on any atom is 0.274 e. The van der Waals surface area contributed by atoms with Crippen molar-refractivity contribution in [3.05, 3.63) is 40.4 Å². The second kappa shape index (κ2) is 7.80. The van der Waals surface area contributed by atoms with Crippen LogP contribution in [0, 0.1) is 5.92 Å². The van der Waals surface area contributed by atoms with Crippen LogP contribution in [0.5, 0.6) is 0 Å². The van der Waals surface area contributed by atoms with Gasteiger partial charge in [0.2, 0.25) is 5.91 Å². The monoisotopic (exact) mass is 369 g/mol. The molecule has 144 valence electrons. The summed E-state index contributed by atoms with van der Waals surface area (Å²) in [5, 5.41) is 0.877. The van der Waals surface area contributed by atoms with E-state index in [4.69, 9.17) is 4.74 Å². The summed E-state index contributed by atoms with van der Waals surface area (Å²) in [7, 11) is 1.74. The van der Waals surface area contributed by atoms with Crippen LogP contribution in [0.15, 0.2) is 29.2 Å². The highest BCUT2D eigenvalue weighted by molar-refractivity contribution is 5.79. The average molecular weight is 369 g/mol. The molecule has 4 rings (SSSR count). The number of aromatic nitrogens is 2. The van der Waals surface area contributed by atoms with Crippen molar-refractivity contribution >= 4 is 16.8 Å². The van der Waals surface area contributed by atoms with Crippen LogP contribution in [-0.4, -0.2) is 47.1 Å². The van der Waals surface area contributed by atoms with Crippen LogP contribution < -0.4 is 5.56 Å². The molecule has 0 radical (unpaired) electrons. The van der Waals surface area contributed by atoms with Gasteiger partial charge >= 0.3 is 0 Å². The third-order valence-corrected chi connectivity index (χ3v) is 6.18. The number of ether oxygens (including phenoxy) is 1. The number of rotatable bonds is 3. The van der Waals surface area contributed by atoms with Crippen molar-refractivity contribution in [3.8, 4) is 0 Å². The summed E-state index contributed by atoms with van der Waals surface area (Å²) in [5.41, 5.74) is 1.32. The number of H-pyrrole nitrogens is 1. The first-order valence-electron chi connectivity index (χ1n) is 9.95. The minimum absolute atomic E-state index is 0.104. The summed E-state index contributed by atoms with van der Waals surface area (Å²) in [6.45, 7) is 1.51. The smallest absolute Gasteiger partial charge is 0.274 e. The molecule has 1 aliphatic carbocycles. The van der Waals surface area contributed by atoms with E-state index in [1.165, 1.54) is 0 Å². The van der Waals surface area contributed by atoms with Gasteiger partial charge < -0.3 is 14.6 Å². The first-order valence-corrected chi connectivity index (χ1v) is 9.95. The van der Waals surface area contributed by atoms with Crippen LogP contribution in [0.25, 0.3) is 10.9 Å². The predicted molar refractivity (Wildman–Crippen MR) is 104 cm³/mol. The standard InChI is InChI=1S/C21H27N3O3/c1-27-17-6-2-4-16(12-17)21(26)24-10-7-14(8-11-24)18-13-15-5-3-9-22-19(15)20(25)23-18/h3,5,9,13-14,16-17H,2,4,6-8,10-12H2,1H3,(H,23,25)/t16-,17-/m0/s1. The fourth-order valence-corrected chi connectivity index (χ4v) is 4.59. The van der Waals surface area contributed by atoms with E-state index in [1.807, 2.05) is 23.1 Å². The Morgan fingerprint density at radius 3 is 2.85 bits per heavy atom. The number of amides is 1. The highest BCUT2D eigenvalue weighted by atomic mass is 16.5. The zero-order valence-electron chi connectivity index (χ0n) is 15.8. The number of piperidine rings is 1. The van der Waals surface area contributed by atoms with Gasteiger partial charge in [0.15, 0.2) is 0 Å². The van der Waals surface area contributed by atoms with E-state index >= 15 is 0 Å². The summed E-state index contributed by atoms with van der Waals surface area (Å²) < 4.78 is 5.47. The predicted octanol–water partition coefficient (Wildman–Crippen LogP) is 2.83. The van der Waals surface area contributed by atoms with Gasteiger partial charge in [0.05, 0.1) is 6.10 Å². The molecule has 2 aromatic rings. The van der Waals surface area contributed by atoms with Crippen LogP contribution in [0.1, 0.15) is 50.1 Å². The Kier molecular flexibility index (Phi) is 5.25. The van der Waals surface area contributed by atoms with E-state index in [2.05, 4.69) is 9.97 Å². The van der Waals surface area contributed by atoms with Crippen molar-refractivity contribution in [1.29, 1.82) is 0 Å². The SMILES string of the molecule is CO[C@H]1CCC[C@H](C(=O)N2CCC(c3cc4cccnc4c(=O)[nH]3)CC2)C1. The van der Waals surface area contributed by atoms with Crippen LogP contribution in [0.3, 0.4) is 0 Å². The van der Waals surface area contributed by atoms with Gasteiger partial charge in [0, 0.05) is 49.3 Å². The molecule has 0 spiro atoms. The minimum atomic E-state index is -0.130. The van der Waals surface area contributed by atoms with E-state index in [-0.39, 0.29) is 29.4 Å². The lowest BCUT2D eigenvalue weighted by molar-refractivity contribution is -0.139. The number of fused-ring (bicyclic) bond motifs is 1. The molecule has 6 heteroatoms. The number of methoxy groups -OCH3 is 1. The lowest BCUT2D eigenvalue weighted by Gasteiger charge is -2.36. The van der Waals surface area contributed by atoms with Crippen molar-refractivity contribution in [2.24, 2.45) is 5.92 Å². The Morgan fingerprint density at radius 1 is 1.26 bits per heavy atom. The lowest BCUT2D eigenvalue weighted by Crippen LogP contribution is -2.43. The normalized spacial score (nSPS) is 24.3. The summed E-state index contributed by atoms with van der Waals surface area (Å²) >= 11 is 0. The molecule has 1 aliphatic heterocycles. The third-order valence-electron chi connectivity index (χ3n) is 6.18. The molecule has 2 atom stereocenters. The molecular formula is C21H27N3O3. The number of hydrogen-bond acceptors (Lipinski definition) is 4. The van der Waals surface area contributed by atoms with E-state index in [0.29, 0.717) is 5.52 Å². The first-order chi connectivity index (χ1) is 13.2. The maximum absolute atomic E-state index is 12.9. The van der Waals surface area contributed by atoms with Gasteiger partial charge in [-0.3, -0.25) is 14.6 Å². The van der Waals surface area contributed by atoms with Gasteiger partial charge in [-0.25, -0.2) is 0 Å². The topological polar surface area (TPSA) is 75.3 Å². The van der Waals surface area contributed by atoms with Crippen molar-refractivity contribution < 1.29 is 9.53 Å². The van der Waals surface area contributed by atoms with E-state index < -0.39 is 0 Å². The zero-order valence-corrected chi connectivity index (χ0v) is 15.8. The van der Waals surface area contributed by atoms with Crippen molar-refractivity contribution in [3.63, 3.8) is 0 Å². The Morgan fingerprint density at radius 2 is 2.07 bits per heavy atom. The Hall–Kier alpha value is -2.21. The van der Waals surface area contributed by atoms with Gasteiger partial charge in [-0.05, 0) is 44.2 Å². The number of nitrogens with one attached hydrogen (secondary N) is 1. The molecule has 1 N–H and O–H groups in total. The number of pyridine rings is 2. The molecule has 1 amide bonds. The highest BCUT2D eigenvalue weighted by Gasteiger charge is 2.32. The first kappa shape index (κ1) is 18.2. The summed E-state index contributed by atoms with van der Waals surface area (Å²) in [5.74, 6) is 0.669. The average Bonchev–Trinajstić information content (AvgIpc) is 2.73. The van der Waals surface area contributed by atoms with Gasteiger partial charge in [-0.1, -0.05) is 12.5 Å². The van der Waals surface area contributed by atoms with Crippen LogP contribution in [0.4, 0.5) is 0 Å². The van der Waals surface area contributed by atoms with Crippen molar-refractivity contribution in [2.45, 2.75) is 50.5 Å². The fourth-order valence-electron chi connectivity index (χ4n) is 4.59. The molecule has 2 aliphatic rings. The highest BCUT2D eigenvalue weighted by Crippen LogP contribution is 2.31. The van der Waals surface area contributed by atoms with Gasteiger partial charge in [-0.15, -0.1) is 0 Å². The maximum atomic E-state index is 12.9. The minimum Gasteiger partial charge on any atom is -0.381 e. The van der Waals surface area contributed by atoms with E-state index in [0.717, 1.165) is 62.7 Å². The van der Waals surface area contributed by atoms with E-state index in [9.17, 15) is 9.59 Å². The number of nitrogens with zero attached hydrogens (tertiary/aromatic N) is 2. The Balaban J connectivity index is 1.42. The van der Waals surface area contributed by atoms with Crippen molar-refractivity contribution in [2.75, 3.05) is 20.2 Å². The van der Waals surface area contributed by atoms with Crippen LogP contribution in [-0.2, 0) is 9.53 Å². The summed E-state index contributed by atoms with van der Waals surface area (Å²) in [4.78, 5) is 34.4. The lowest BCUT2D eigenvalue weighted by atomic mass is 9.85. The summed E-state index contributed by atoms with van der Waals surface area (Å²) in [6.07, 6.45) is 7.58. The molecule has 27 heavy (non-hydrogen) atoms. The second-order valence-electron chi connectivity index (χ2n) is 7.82. The van der Waals surface area contributed by atoms with Crippen LogP contribution in [0.2, 0.25) is 0 Å². The molecular weight excluding hydrogens is 342 g/mol. The fraction of sp³-hybridized carbons (Fsp3) is 0.571. The van der Waals surface area contributed by atoms with Gasteiger partial charge in [0.1, 0.15) is 5.52 Å². The quantitative estimate of drug-likeness (QED) is 0.903. The Bertz CT molecular complexity index is 870. The molecule has 2 fully saturated rings. The molecule has 0 bridgehead atoms. The third kappa shape index (κ3) is 3.76. The van der Waals surface area contributed by atoms with E-state index in [1.54, 1.807) is 13.3 Å². The number of carbonyl (C=O) groups excluding carboxylic acids is 1. The zero-order chi connectivity index (χ0) is 18.8. The van der Waals surface area contributed by atoms with Gasteiger partial charge in [-0.2, -0.15) is 0 Å². The Labute approximate surface area is 158 Å². The number of carbonyl (C=O) groups is 1. The molecule has 6 nitrogen and oxygen atoms in total. The van der Waals surface area contributed by atoms with Crippen molar-refractivity contribution in [1.82, 2.24) is 14.9 Å². The molecule has 0 aromatic carbocycles. The number of aromatic amines is 1. The summed E-state index contributed by atoms with van der Waals surface area (Å²) in [6, 6.07) is 5.81. The molecule has 1 saturated heterocycles. The molecule has 1 saturated carbocycles. The van der Waals surface area contributed by atoms with Gasteiger partial charge in [0.25, 0.3) is 5.56 Å².